The number of carboxylic acids is 2. The van der Waals surface area contributed by atoms with Crippen LogP contribution in [0.25, 0.3) is 0 Å². The van der Waals surface area contributed by atoms with Crippen molar-refractivity contribution in [3.63, 3.8) is 0 Å². The van der Waals surface area contributed by atoms with Crippen LogP contribution in [0.1, 0.15) is 123 Å². The summed E-state index contributed by atoms with van der Waals surface area (Å²) < 4.78 is 30.8. The summed E-state index contributed by atoms with van der Waals surface area (Å²) in [7, 11) is -3.60. The van der Waals surface area contributed by atoms with Gasteiger partial charge in [-0.05, 0) is 88.2 Å². The number of carboxylic acid groups (broad SMARTS) is 2. The molecular formula is C50H74N3O12P. The second kappa shape index (κ2) is 27.3. The minimum Gasteiger partial charge on any atom is -0.480 e. The number of nitrogens with zero attached hydrogens (tertiary/aromatic N) is 2. The van der Waals surface area contributed by atoms with Gasteiger partial charge < -0.3 is 29.5 Å². The summed E-state index contributed by atoms with van der Waals surface area (Å²) in [6.07, 6.45) is 9.41. The van der Waals surface area contributed by atoms with Crippen molar-refractivity contribution in [3.05, 3.63) is 71.8 Å². The Balaban J connectivity index is 0.000000309. The molecule has 5 rings (SSSR count). The number of carbonyl (C=O) groups is 6. The molecule has 1 unspecified atom stereocenters. The van der Waals surface area contributed by atoms with Gasteiger partial charge in [0.2, 0.25) is 25.5 Å². The van der Waals surface area contributed by atoms with E-state index in [1.54, 1.807) is 20.8 Å². The van der Waals surface area contributed by atoms with Crippen molar-refractivity contribution >= 4 is 43.1 Å². The average molecular weight is 940 g/mol. The Morgan fingerprint density at radius 3 is 1.97 bits per heavy atom. The van der Waals surface area contributed by atoms with E-state index < -0.39 is 67.6 Å². The zero-order chi connectivity index (χ0) is 48.2. The lowest BCUT2D eigenvalue weighted by molar-refractivity contribution is -0.169. The zero-order valence-corrected chi connectivity index (χ0v) is 40.5. The van der Waals surface area contributed by atoms with Crippen LogP contribution in [0.15, 0.2) is 60.7 Å². The summed E-state index contributed by atoms with van der Waals surface area (Å²) in [4.78, 5) is 76.9. The van der Waals surface area contributed by atoms with Crippen LogP contribution < -0.4 is 5.32 Å². The van der Waals surface area contributed by atoms with Crippen molar-refractivity contribution in [3.8, 4) is 0 Å². The van der Waals surface area contributed by atoms with Gasteiger partial charge in [-0.3, -0.25) is 33.6 Å². The van der Waals surface area contributed by atoms with E-state index in [1.165, 1.54) is 21.8 Å². The van der Waals surface area contributed by atoms with Crippen molar-refractivity contribution in [2.24, 2.45) is 17.8 Å². The maximum Gasteiger partial charge on any atom is 0.326 e. The van der Waals surface area contributed by atoms with Crippen molar-refractivity contribution in [2.45, 2.75) is 155 Å². The van der Waals surface area contributed by atoms with Crippen LogP contribution in [0.5, 0.6) is 0 Å². The second-order valence-corrected chi connectivity index (χ2v) is 20.8. The van der Waals surface area contributed by atoms with Crippen molar-refractivity contribution in [2.75, 3.05) is 32.0 Å². The van der Waals surface area contributed by atoms with E-state index in [1.807, 2.05) is 74.5 Å². The molecular weight excluding hydrogens is 866 g/mol. The third-order valence-corrected chi connectivity index (χ3v) is 15.2. The molecule has 0 spiro atoms. The summed E-state index contributed by atoms with van der Waals surface area (Å²) in [5.74, 6) is -3.29. The fraction of sp³-hybridized carbons (Fsp3) is 0.640. The smallest absolute Gasteiger partial charge is 0.326 e. The number of esters is 2. The van der Waals surface area contributed by atoms with Crippen molar-refractivity contribution in [1.29, 1.82) is 0 Å². The molecule has 7 atom stereocenters. The Kier molecular flexibility index (Phi) is 22.3. The number of aryl methyl sites for hydroxylation is 2. The van der Waals surface area contributed by atoms with Gasteiger partial charge in [0, 0.05) is 31.6 Å². The lowest BCUT2D eigenvalue weighted by Gasteiger charge is -2.30. The van der Waals surface area contributed by atoms with E-state index in [4.69, 9.17) is 14.0 Å². The predicted molar refractivity (Wildman–Crippen MR) is 251 cm³/mol. The first kappa shape index (κ1) is 54.0. The third kappa shape index (κ3) is 16.9. The van der Waals surface area contributed by atoms with Crippen LogP contribution in [0.4, 0.5) is 0 Å². The number of rotatable bonds is 23. The van der Waals surface area contributed by atoms with E-state index in [9.17, 15) is 43.5 Å². The number of amides is 2. The lowest BCUT2D eigenvalue weighted by Crippen LogP contribution is -2.53. The molecule has 15 nitrogen and oxygen atoms in total. The Morgan fingerprint density at radius 1 is 0.773 bits per heavy atom. The number of carbonyl (C=O) groups excluding carboxylic acids is 4. The molecule has 0 radical (unpaired) electrons. The summed E-state index contributed by atoms with van der Waals surface area (Å²) in [5.41, 5.74) is 2.27. The van der Waals surface area contributed by atoms with Gasteiger partial charge in [0.25, 0.3) is 0 Å². The highest BCUT2D eigenvalue weighted by molar-refractivity contribution is 7.59. The Bertz CT molecular complexity index is 1910. The molecule has 3 fully saturated rings. The Morgan fingerprint density at radius 2 is 1.39 bits per heavy atom. The molecule has 0 aromatic heterocycles. The first-order chi connectivity index (χ1) is 31.5. The average Bonchev–Trinajstić information content (AvgIpc) is 4.00. The monoisotopic (exact) mass is 940 g/mol. The van der Waals surface area contributed by atoms with Gasteiger partial charge in [-0.25, -0.2) is 9.59 Å². The summed E-state index contributed by atoms with van der Waals surface area (Å²) in [6.45, 7) is 9.77. The summed E-state index contributed by atoms with van der Waals surface area (Å²) >= 11 is 0. The predicted octanol–water partition coefficient (Wildman–Crippen LogP) is 7.73. The molecule has 2 saturated heterocycles. The quantitative estimate of drug-likeness (QED) is 0.0423. The van der Waals surface area contributed by atoms with E-state index in [2.05, 4.69) is 5.32 Å². The van der Waals surface area contributed by atoms with Gasteiger partial charge in [-0.15, -0.1) is 0 Å². The molecule has 2 aromatic carbocycles. The third-order valence-electron chi connectivity index (χ3n) is 12.8. The zero-order valence-electron chi connectivity index (χ0n) is 39.6. The van der Waals surface area contributed by atoms with E-state index >= 15 is 0 Å². The molecule has 2 aliphatic heterocycles. The Hall–Kier alpha value is -4.59. The van der Waals surface area contributed by atoms with Crippen LogP contribution >= 0.6 is 7.37 Å². The fourth-order valence-corrected chi connectivity index (χ4v) is 11.5. The highest BCUT2D eigenvalue weighted by atomic mass is 31.2. The molecule has 16 heteroatoms. The molecule has 3 N–H and O–H groups in total. The van der Waals surface area contributed by atoms with Gasteiger partial charge in [0.1, 0.15) is 24.3 Å². The van der Waals surface area contributed by atoms with E-state index in [-0.39, 0.29) is 43.1 Å². The number of ether oxygens (including phenoxy) is 2. The van der Waals surface area contributed by atoms with E-state index in [0.717, 1.165) is 44.1 Å². The molecule has 0 bridgehead atoms. The molecule has 2 amide bonds. The fourth-order valence-electron chi connectivity index (χ4n) is 9.18. The molecule has 1 aliphatic carbocycles. The van der Waals surface area contributed by atoms with Crippen LogP contribution in [0.3, 0.4) is 0 Å². The second-order valence-electron chi connectivity index (χ2n) is 18.2. The number of hydrogen-bond acceptors (Lipinski definition) is 11. The maximum absolute atomic E-state index is 14.2. The minimum absolute atomic E-state index is 0.149. The molecule has 366 valence electrons. The lowest BCUT2D eigenvalue weighted by atomic mass is 9.79. The first-order valence-corrected chi connectivity index (χ1v) is 26.1. The van der Waals surface area contributed by atoms with Gasteiger partial charge in [-0.1, -0.05) is 114 Å². The van der Waals surface area contributed by atoms with Crippen molar-refractivity contribution < 1.29 is 57.5 Å². The van der Waals surface area contributed by atoms with Gasteiger partial charge in [0.05, 0.1) is 12.6 Å². The summed E-state index contributed by atoms with van der Waals surface area (Å²) in [6, 6.07) is 16.8. The number of benzene rings is 2. The number of aliphatic carboxylic acids is 2. The molecule has 2 aromatic rings. The Labute approximate surface area is 391 Å². The van der Waals surface area contributed by atoms with Gasteiger partial charge in [0.15, 0.2) is 0 Å². The highest BCUT2D eigenvalue weighted by Crippen LogP contribution is 2.51. The number of hydrogen-bond donors (Lipinski definition) is 3. The number of unbranched alkanes of at least 4 members (excludes halogenated alkanes) is 1. The molecule has 66 heavy (non-hydrogen) atoms. The number of likely N-dealkylation sites (tertiary alicyclic amines) is 2. The van der Waals surface area contributed by atoms with Crippen molar-refractivity contribution in [1.82, 2.24) is 15.1 Å². The normalized spacial score (nSPS) is 20.9. The SMILES string of the molecule is CCC(=O)OC(O[P@](=O)(CCCCc1ccccc1)CC(=O)N1C[C@H](C2CCCCC2)C[C@H]1C(=O)O)C(C)C.CCOC(=O)[C@H](CCc1ccccc1)N[C@@H](C)C(=O)N1CCC[C@H]1C(=O)O. The number of nitrogens with one attached hydrogen (secondary N) is 1. The largest absolute Gasteiger partial charge is 0.480 e. The molecule has 3 aliphatic rings. The van der Waals surface area contributed by atoms with E-state index in [0.29, 0.717) is 57.5 Å². The van der Waals surface area contributed by atoms with Crippen LogP contribution in [-0.4, -0.2) is 118 Å². The maximum atomic E-state index is 14.2. The molecule has 2 heterocycles. The minimum atomic E-state index is -3.60. The topological polar surface area (TPSA) is 206 Å². The van der Waals surface area contributed by atoms with Crippen LogP contribution in [-0.2, 0) is 60.2 Å². The molecule has 1 saturated carbocycles. The van der Waals surface area contributed by atoms with Gasteiger partial charge in [-0.2, -0.15) is 0 Å². The van der Waals surface area contributed by atoms with Crippen LogP contribution in [0.2, 0.25) is 0 Å². The standard InChI is InChI=1S/C30H46NO7P.C20H28N2O5/c1-4-28(33)37-30(22(2)3)38-39(36,18-12-11-15-23-13-7-5-8-14-23)21-27(32)31-20-25(19-26(31)29(34)35)24-16-9-6-10-17-24;1-3-27-20(26)16(12-11-15-8-5-4-6-9-15)21-14(2)18(23)22-13-7-10-17(22)19(24)25/h5,7-8,13-14,22,24-26,30H,4,6,9-12,15-21H2,1-3H3,(H,34,35);4-6,8-9,14,16-17,21H,3,7,10-13H2,1-2H3,(H,24,25)/t25-,26+,30?,39-;14-,16-,17-/m10/s1. The first-order valence-electron chi connectivity index (χ1n) is 24.1. The summed E-state index contributed by atoms with van der Waals surface area (Å²) in [5, 5.41) is 22.2. The van der Waals surface area contributed by atoms with Crippen LogP contribution in [0, 0.1) is 17.8 Å². The van der Waals surface area contributed by atoms with Gasteiger partial charge >= 0.3 is 23.9 Å². The highest BCUT2D eigenvalue weighted by Gasteiger charge is 2.45.